The highest BCUT2D eigenvalue weighted by Crippen LogP contribution is 2.11. The molecule has 0 spiro atoms. The van der Waals surface area contributed by atoms with E-state index < -0.39 is 0 Å². The Hall–Kier alpha value is -1.14. The first kappa shape index (κ1) is 24.9. The Kier molecular flexibility index (Phi) is 19.3. The van der Waals surface area contributed by atoms with Crippen LogP contribution in [-0.2, 0) is 23.8 Å². The topological polar surface area (TPSA) is 82.1 Å². The summed E-state index contributed by atoms with van der Waals surface area (Å²) >= 11 is 0. The van der Waals surface area contributed by atoms with Gasteiger partial charge in [-0.05, 0) is 25.7 Å². The van der Waals surface area contributed by atoms with Crippen molar-refractivity contribution in [2.75, 3.05) is 33.5 Å². The van der Waals surface area contributed by atoms with Gasteiger partial charge in [-0.15, -0.1) is 0 Å². The molecule has 0 unspecified atom stereocenters. The molecular formula is C20H38O6. The van der Waals surface area contributed by atoms with Crippen LogP contribution in [0.15, 0.2) is 0 Å². The van der Waals surface area contributed by atoms with Crippen molar-refractivity contribution in [3.63, 3.8) is 0 Å². The summed E-state index contributed by atoms with van der Waals surface area (Å²) in [5.74, 6) is -0.235. The number of carbonyl (C=O) groups excluding carboxylic acids is 2. The van der Waals surface area contributed by atoms with E-state index in [9.17, 15) is 9.59 Å². The fourth-order valence-corrected chi connectivity index (χ4v) is 2.53. The predicted molar refractivity (Wildman–Crippen MR) is 101 cm³/mol. The zero-order valence-electron chi connectivity index (χ0n) is 16.5. The Morgan fingerprint density at radius 2 is 1.08 bits per heavy atom. The third kappa shape index (κ3) is 19.2. The van der Waals surface area contributed by atoms with Crippen LogP contribution in [0.4, 0.5) is 0 Å². The van der Waals surface area contributed by atoms with E-state index in [1.807, 2.05) is 0 Å². The summed E-state index contributed by atoms with van der Waals surface area (Å²) in [5.41, 5.74) is 0. The molecule has 0 fully saturated rings. The van der Waals surface area contributed by atoms with E-state index >= 15 is 0 Å². The molecule has 0 aromatic heterocycles. The molecule has 0 saturated carbocycles. The van der Waals surface area contributed by atoms with Gasteiger partial charge in [-0.25, -0.2) is 0 Å². The number of hydrogen-bond donors (Lipinski definition) is 1. The van der Waals surface area contributed by atoms with Crippen LogP contribution in [-0.4, -0.2) is 50.6 Å². The minimum Gasteiger partial charge on any atom is -0.466 e. The van der Waals surface area contributed by atoms with Gasteiger partial charge in [-0.1, -0.05) is 38.5 Å². The van der Waals surface area contributed by atoms with E-state index in [1.54, 1.807) is 7.11 Å². The van der Waals surface area contributed by atoms with Crippen molar-refractivity contribution in [1.29, 1.82) is 0 Å². The van der Waals surface area contributed by atoms with Gasteiger partial charge in [-0.2, -0.15) is 0 Å². The zero-order valence-corrected chi connectivity index (χ0v) is 16.5. The second-order valence-electron chi connectivity index (χ2n) is 6.55. The molecular weight excluding hydrogens is 336 g/mol. The number of unbranched alkanes of at least 4 members (excludes halogenated alkanes) is 8. The number of ether oxygens (including phenoxy) is 3. The van der Waals surface area contributed by atoms with E-state index in [1.165, 1.54) is 12.8 Å². The number of carbonyl (C=O) groups is 2. The van der Waals surface area contributed by atoms with E-state index in [2.05, 4.69) is 0 Å². The smallest absolute Gasteiger partial charge is 0.305 e. The van der Waals surface area contributed by atoms with Crippen LogP contribution in [0.3, 0.4) is 0 Å². The summed E-state index contributed by atoms with van der Waals surface area (Å²) in [7, 11) is 1.64. The van der Waals surface area contributed by atoms with Crippen molar-refractivity contribution in [2.24, 2.45) is 0 Å². The number of aliphatic hydroxyl groups excluding tert-OH is 1. The van der Waals surface area contributed by atoms with E-state index in [4.69, 9.17) is 19.3 Å². The van der Waals surface area contributed by atoms with Crippen molar-refractivity contribution < 1.29 is 28.9 Å². The molecule has 0 amide bonds. The summed E-state index contributed by atoms with van der Waals surface area (Å²) in [5, 5.41) is 8.63. The van der Waals surface area contributed by atoms with Crippen molar-refractivity contribution in [3.8, 4) is 0 Å². The molecule has 0 aromatic rings. The van der Waals surface area contributed by atoms with Crippen molar-refractivity contribution in [2.45, 2.75) is 83.5 Å². The highest BCUT2D eigenvalue weighted by molar-refractivity contribution is 5.69. The molecule has 6 nitrogen and oxygen atoms in total. The normalized spacial score (nSPS) is 10.7. The Morgan fingerprint density at radius 1 is 0.615 bits per heavy atom. The second-order valence-corrected chi connectivity index (χ2v) is 6.55. The molecule has 6 heteroatoms. The molecule has 0 saturated heterocycles. The summed E-state index contributed by atoms with van der Waals surface area (Å²) in [6.45, 7) is 1.64. The van der Waals surface area contributed by atoms with Gasteiger partial charge in [0.05, 0.1) is 13.2 Å². The SMILES string of the molecule is COCCCOC(=O)CCCCCCCCCCC(=O)OCCCCO. The monoisotopic (exact) mass is 374 g/mol. The number of rotatable bonds is 19. The fourth-order valence-electron chi connectivity index (χ4n) is 2.53. The lowest BCUT2D eigenvalue weighted by molar-refractivity contribution is -0.145. The zero-order chi connectivity index (χ0) is 19.3. The van der Waals surface area contributed by atoms with E-state index in [-0.39, 0.29) is 18.5 Å². The number of esters is 2. The molecule has 0 atom stereocenters. The molecule has 0 rings (SSSR count). The van der Waals surface area contributed by atoms with Gasteiger partial charge in [0.1, 0.15) is 0 Å². The molecule has 0 aliphatic rings. The first-order valence-electron chi connectivity index (χ1n) is 10.1. The quantitative estimate of drug-likeness (QED) is 0.274. The van der Waals surface area contributed by atoms with Crippen LogP contribution < -0.4 is 0 Å². The number of aliphatic hydroxyl groups is 1. The first-order valence-corrected chi connectivity index (χ1v) is 10.1. The lowest BCUT2D eigenvalue weighted by atomic mass is 10.1. The van der Waals surface area contributed by atoms with Crippen LogP contribution in [0, 0.1) is 0 Å². The predicted octanol–water partition coefficient (Wildman–Crippen LogP) is 3.78. The molecule has 154 valence electrons. The van der Waals surface area contributed by atoms with E-state index in [0.29, 0.717) is 39.1 Å². The lowest BCUT2D eigenvalue weighted by Crippen LogP contribution is -2.07. The maximum absolute atomic E-state index is 11.5. The molecule has 0 heterocycles. The molecule has 0 aliphatic heterocycles. The van der Waals surface area contributed by atoms with Gasteiger partial charge in [-0.3, -0.25) is 9.59 Å². The average Bonchev–Trinajstić information content (AvgIpc) is 2.64. The highest BCUT2D eigenvalue weighted by Gasteiger charge is 2.03. The molecule has 0 bridgehead atoms. The lowest BCUT2D eigenvalue weighted by Gasteiger charge is -2.05. The Labute approximate surface area is 158 Å². The molecule has 0 aromatic carbocycles. The maximum atomic E-state index is 11.5. The van der Waals surface area contributed by atoms with Crippen LogP contribution in [0.5, 0.6) is 0 Å². The van der Waals surface area contributed by atoms with Gasteiger partial charge in [0.2, 0.25) is 0 Å². The third-order valence-corrected chi connectivity index (χ3v) is 4.08. The third-order valence-electron chi connectivity index (χ3n) is 4.08. The van der Waals surface area contributed by atoms with Crippen LogP contribution in [0.1, 0.15) is 83.5 Å². The largest absolute Gasteiger partial charge is 0.466 e. The molecule has 26 heavy (non-hydrogen) atoms. The second kappa shape index (κ2) is 20.2. The van der Waals surface area contributed by atoms with Gasteiger partial charge in [0.25, 0.3) is 0 Å². The van der Waals surface area contributed by atoms with Gasteiger partial charge in [0, 0.05) is 39.6 Å². The highest BCUT2D eigenvalue weighted by atomic mass is 16.5. The first-order chi connectivity index (χ1) is 12.7. The van der Waals surface area contributed by atoms with Crippen LogP contribution in [0.25, 0.3) is 0 Å². The summed E-state index contributed by atoms with van der Waals surface area (Å²) in [6, 6.07) is 0. The maximum Gasteiger partial charge on any atom is 0.305 e. The minimum atomic E-state index is -0.128. The number of hydrogen-bond acceptors (Lipinski definition) is 6. The van der Waals surface area contributed by atoms with Crippen molar-refractivity contribution >= 4 is 11.9 Å². The average molecular weight is 375 g/mol. The van der Waals surface area contributed by atoms with Crippen molar-refractivity contribution in [1.82, 2.24) is 0 Å². The summed E-state index contributed by atoms with van der Waals surface area (Å²) in [4.78, 5) is 22.9. The molecule has 1 N–H and O–H groups in total. The van der Waals surface area contributed by atoms with Crippen LogP contribution >= 0.6 is 0 Å². The summed E-state index contributed by atoms with van der Waals surface area (Å²) in [6.07, 6.45) is 11.7. The fraction of sp³-hybridized carbons (Fsp3) is 0.900. The Balaban J connectivity index is 3.21. The minimum absolute atomic E-state index is 0.107. The number of methoxy groups -OCH3 is 1. The van der Waals surface area contributed by atoms with E-state index in [0.717, 1.165) is 51.4 Å². The van der Waals surface area contributed by atoms with Gasteiger partial charge >= 0.3 is 11.9 Å². The van der Waals surface area contributed by atoms with Crippen molar-refractivity contribution in [3.05, 3.63) is 0 Å². The standard InChI is InChI=1S/C20H38O6/c1-24-16-12-18-26-20(23)14-9-7-5-3-2-4-6-8-13-19(22)25-17-11-10-15-21/h21H,2-18H2,1H3. The Morgan fingerprint density at radius 3 is 1.54 bits per heavy atom. The van der Waals surface area contributed by atoms with Gasteiger partial charge < -0.3 is 19.3 Å². The Bertz CT molecular complexity index is 300. The summed E-state index contributed by atoms with van der Waals surface area (Å²) < 4.78 is 15.1. The molecule has 0 radical (unpaired) electrons. The molecule has 0 aliphatic carbocycles. The van der Waals surface area contributed by atoms with Gasteiger partial charge in [0.15, 0.2) is 0 Å². The van der Waals surface area contributed by atoms with Crippen LogP contribution in [0.2, 0.25) is 0 Å².